The quantitative estimate of drug-likeness (QED) is 0.0222. The molecule has 0 fully saturated rings. The standard InChI is InChI=1S/C86H168O17P2/c1-9-78(7)64-56-48-40-34-28-22-15-13-11-12-14-16-23-29-35-41-50-58-66-83(88)96-72-81(102-85(90)68-60-52-42-36-30-24-18-17-20-26-32-38-46-54-62-76(3)4)74-100-104(92,93)98-70-80(87)71-99-105(94,95)101-75-82(73-97-84(89)67-59-51-45-44-49-57-65-79(8)10-2)103-86(91)69-61-53-43-37-31-25-19-21-27-33-39-47-55-63-77(5)6/h76-82,87H,9-75H2,1-8H3,(H,92,93)(H,94,95)/t78?,79?,80-,81-,82-/m1/s1. The molecule has 0 aromatic heterocycles. The van der Waals surface area contributed by atoms with Crippen molar-refractivity contribution >= 4 is 39.5 Å². The highest BCUT2D eigenvalue weighted by molar-refractivity contribution is 7.47. The van der Waals surface area contributed by atoms with Gasteiger partial charge in [-0.2, -0.15) is 0 Å². The van der Waals surface area contributed by atoms with Gasteiger partial charge < -0.3 is 33.8 Å². The van der Waals surface area contributed by atoms with Gasteiger partial charge in [-0.05, 0) is 49.4 Å². The van der Waals surface area contributed by atoms with Gasteiger partial charge in [-0.1, -0.05) is 396 Å². The summed E-state index contributed by atoms with van der Waals surface area (Å²) in [6.07, 6.45) is 63.9. The molecule has 0 aliphatic heterocycles. The van der Waals surface area contributed by atoms with Crippen molar-refractivity contribution in [1.29, 1.82) is 0 Å². The van der Waals surface area contributed by atoms with Crippen LogP contribution in [0.5, 0.6) is 0 Å². The average molecular weight is 1540 g/mol. The molecular formula is C86H168O17P2. The third-order valence-electron chi connectivity index (χ3n) is 20.8. The van der Waals surface area contributed by atoms with E-state index in [1.807, 2.05) is 0 Å². The van der Waals surface area contributed by atoms with E-state index in [4.69, 9.17) is 37.0 Å². The number of carbonyl (C=O) groups excluding carboxylic acids is 4. The zero-order chi connectivity index (χ0) is 77.4. The SMILES string of the molecule is CCC(C)CCCCCCCCCCCCCCCCCCCCC(=O)OC[C@H](COP(=O)(O)OC[C@@H](O)COP(=O)(O)OC[C@@H](COC(=O)CCCCCCCCC(C)CC)OC(=O)CCCCCCCCCCCCCCCC(C)C)OC(=O)CCCCCCCCCCCCCCCCC(C)C. The van der Waals surface area contributed by atoms with E-state index in [0.717, 1.165) is 120 Å². The van der Waals surface area contributed by atoms with Gasteiger partial charge in [-0.15, -0.1) is 0 Å². The van der Waals surface area contributed by atoms with Crippen LogP contribution < -0.4 is 0 Å². The van der Waals surface area contributed by atoms with Gasteiger partial charge >= 0.3 is 39.5 Å². The van der Waals surface area contributed by atoms with Crippen LogP contribution >= 0.6 is 15.6 Å². The molecule has 0 spiro atoms. The van der Waals surface area contributed by atoms with Gasteiger partial charge in [-0.3, -0.25) is 37.3 Å². The number of hydrogen-bond acceptors (Lipinski definition) is 15. The Bertz CT molecular complexity index is 2050. The molecule has 0 amide bonds. The predicted octanol–water partition coefficient (Wildman–Crippen LogP) is 25.9. The molecule has 3 N–H and O–H groups in total. The summed E-state index contributed by atoms with van der Waals surface area (Å²) in [5.41, 5.74) is 0. The number of phosphoric ester groups is 2. The summed E-state index contributed by atoms with van der Waals surface area (Å²) in [6.45, 7) is 14.3. The molecule has 0 heterocycles. The van der Waals surface area contributed by atoms with Crippen molar-refractivity contribution in [3.05, 3.63) is 0 Å². The fourth-order valence-corrected chi connectivity index (χ4v) is 14.8. The maximum Gasteiger partial charge on any atom is 0.472 e. The summed E-state index contributed by atoms with van der Waals surface area (Å²) in [6, 6.07) is 0. The van der Waals surface area contributed by atoms with Gasteiger partial charge in [0.1, 0.15) is 19.3 Å². The molecule has 105 heavy (non-hydrogen) atoms. The minimum Gasteiger partial charge on any atom is -0.462 e. The molecule has 624 valence electrons. The van der Waals surface area contributed by atoms with E-state index < -0.39 is 97.5 Å². The van der Waals surface area contributed by atoms with E-state index in [-0.39, 0.29) is 25.7 Å². The molecule has 0 aliphatic rings. The van der Waals surface area contributed by atoms with Crippen LogP contribution in [0.2, 0.25) is 0 Å². The van der Waals surface area contributed by atoms with Crippen molar-refractivity contribution in [3.8, 4) is 0 Å². The minimum atomic E-state index is -4.97. The minimum absolute atomic E-state index is 0.106. The lowest BCUT2D eigenvalue weighted by atomic mass is 9.99. The number of aliphatic hydroxyl groups excluding tert-OH is 1. The van der Waals surface area contributed by atoms with Crippen molar-refractivity contribution in [2.75, 3.05) is 39.6 Å². The van der Waals surface area contributed by atoms with Crippen LogP contribution in [0.15, 0.2) is 0 Å². The van der Waals surface area contributed by atoms with Crippen molar-refractivity contribution in [2.45, 2.75) is 465 Å². The summed E-state index contributed by atoms with van der Waals surface area (Å²) < 4.78 is 68.9. The van der Waals surface area contributed by atoms with Crippen LogP contribution in [-0.4, -0.2) is 96.7 Å². The highest BCUT2D eigenvalue weighted by Crippen LogP contribution is 2.45. The molecule has 7 atom stereocenters. The molecule has 0 bridgehead atoms. The van der Waals surface area contributed by atoms with Crippen molar-refractivity contribution in [2.24, 2.45) is 23.7 Å². The molecule has 0 radical (unpaired) electrons. The Morgan fingerprint density at radius 1 is 0.267 bits per heavy atom. The molecule has 4 unspecified atom stereocenters. The Balaban J connectivity index is 5.22. The number of carbonyl (C=O) groups is 4. The number of rotatable bonds is 83. The molecule has 0 rings (SSSR count). The summed E-state index contributed by atoms with van der Waals surface area (Å²) >= 11 is 0. The van der Waals surface area contributed by atoms with E-state index in [9.17, 15) is 43.2 Å². The Kier molecular flexibility index (Phi) is 73.4. The van der Waals surface area contributed by atoms with Gasteiger partial charge in [0, 0.05) is 25.7 Å². The smallest absolute Gasteiger partial charge is 0.462 e. The van der Waals surface area contributed by atoms with E-state index in [0.29, 0.717) is 25.7 Å². The van der Waals surface area contributed by atoms with Crippen LogP contribution in [0.25, 0.3) is 0 Å². The molecule has 17 nitrogen and oxygen atoms in total. The topological polar surface area (TPSA) is 237 Å². The van der Waals surface area contributed by atoms with Gasteiger partial charge in [0.15, 0.2) is 12.2 Å². The van der Waals surface area contributed by atoms with Gasteiger partial charge in [0.25, 0.3) is 0 Å². The fraction of sp³-hybridized carbons (Fsp3) is 0.953. The Morgan fingerprint density at radius 3 is 0.676 bits per heavy atom. The predicted molar refractivity (Wildman–Crippen MR) is 432 cm³/mol. The fourth-order valence-electron chi connectivity index (χ4n) is 13.3. The largest absolute Gasteiger partial charge is 0.472 e. The first kappa shape index (κ1) is 103. The maximum atomic E-state index is 13.1. The lowest BCUT2D eigenvalue weighted by Gasteiger charge is -2.21. The third kappa shape index (κ3) is 77.2. The zero-order valence-electron chi connectivity index (χ0n) is 69.4. The number of ether oxygens (including phenoxy) is 4. The normalized spacial score (nSPS) is 14.4. The number of esters is 4. The number of phosphoric acid groups is 2. The van der Waals surface area contributed by atoms with E-state index in [1.54, 1.807) is 0 Å². The van der Waals surface area contributed by atoms with E-state index in [2.05, 4.69) is 55.4 Å². The molecule has 0 aromatic carbocycles. The number of aliphatic hydroxyl groups is 1. The van der Waals surface area contributed by atoms with Crippen LogP contribution in [0.4, 0.5) is 0 Å². The second kappa shape index (κ2) is 74.8. The first-order valence-corrected chi connectivity index (χ1v) is 47.3. The Labute approximate surface area is 645 Å². The molecule has 0 saturated heterocycles. The third-order valence-corrected chi connectivity index (χ3v) is 22.7. The highest BCUT2D eigenvalue weighted by Gasteiger charge is 2.31. The molecule has 0 aliphatic carbocycles. The van der Waals surface area contributed by atoms with Gasteiger partial charge in [0.2, 0.25) is 0 Å². The molecule has 0 saturated carbocycles. The van der Waals surface area contributed by atoms with Crippen LogP contribution in [0, 0.1) is 23.7 Å². The summed E-state index contributed by atoms with van der Waals surface area (Å²) in [7, 11) is -9.93. The summed E-state index contributed by atoms with van der Waals surface area (Å²) in [5.74, 6) is 1.08. The maximum absolute atomic E-state index is 13.1. The van der Waals surface area contributed by atoms with E-state index >= 15 is 0 Å². The summed E-state index contributed by atoms with van der Waals surface area (Å²) in [4.78, 5) is 73.2. The first-order valence-electron chi connectivity index (χ1n) is 44.3. The molecule has 19 heteroatoms. The second-order valence-corrected chi connectivity index (χ2v) is 35.3. The first-order chi connectivity index (χ1) is 50.7. The number of unbranched alkanes of at least 4 members (excludes halogenated alkanes) is 47. The van der Waals surface area contributed by atoms with Crippen LogP contribution in [-0.2, 0) is 65.4 Å². The van der Waals surface area contributed by atoms with Gasteiger partial charge in [0.05, 0.1) is 26.4 Å². The number of hydrogen-bond donors (Lipinski definition) is 3. The lowest BCUT2D eigenvalue weighted by molar-refractivity contribution is -0.161. The van der Waals surface area contributed by atoms with Crippen molar-refractivity contribution in [3.63, 3.8) is 0 Å². The van der Waals surface area contributed by atoms with Crippen LogP contribution in [0.1, 0.15) is 447 Å². The monoisotopic (exact) mass is 1540 g/mol. The average Bonchev–Trinajstić information content (AvgIpc) is 0.934. The highest BCUT2D eigenvalue weighted by atomic mass is 31.2. The Morgan fingerprint density at radius 2 is 0.457 bits per heavy atom. The Hall–Kier alpha value is -1.94. The second-order valence-electron chi connectivity index (χ2n) is 32.4. The van der Waals surface area contributed by atoms with Gasteiger partial charge in [-0.25, -0.2) is 9.13 Å². The van der Waals surface area contributed by atoms with E-state index in [1.165, 1.54) is 244 Å². The molecular weight excluding hydrogens is 1370 g/mol. The zero-order valence-corrected chi connectivity index (χ0v) is 71.2. The van der Waals surface area contributed by atoms with Crippen LogP contribution in [0.3, 0.4) is 0 Å². The summed E-state index contributed by atoms with van der Waals surface area (Å²) in [5, 5.41) is 10.7. The molecule has 0 aromatic rings. The lowest BCUT2D eigenvalue weighted by Crippen LogP contribution is -2.30. The van der Waals surface area contributed by atoms with Crippen molar-refractivity contribution < 1.29 is 80.2 Å². The van der Waals surface area contributed by atoms with Crippen molar-refractivity contribution in [1.82, 2.24) is 0 Å².